The third-order valence-electron chi connectivity index (χ3n) is 8.50. The van der Waals surface area contributed by atoms with E-state index < -0.39 is 11.6 Å². The van der Waals surface area contributed by atoms with Gasteiger partial charge in [0.05, 0.1) is 22.1 Å². The van der Waals surface area contributed by atoms with Crippen molar-refractivity contribution in [2.75, 3.05) is 0 Å². The molecule has 7 heteroatoms. The fraction of sp³-hybridized carbons (Fsp3) is 0.135. The molecule has 1 unspecified atom stereocenters. The maximum Gasteiger partial charge on any atom is 0.402 e. The average molecular weight is 587 g/mol. The Morgan fingerprint density at radius 1 is 0.568 bits per heavy atom. The number of imidazole rings is 2. The van der Waals surface area contributed by atoms with Gasteiger partial charge in [0.25, 0.3) is 0 Å². The normalized spacial score (nSPS) is 13.4. The van der Waals surface area contributed by atoms with Crippen LogP contribution in [0.15, 0.2) is 121 Å². The van der Waals surface area contributed by atoms with E-state index in [2.05, 4.69) is 4.98 Å². The summed E-state index contributed by atoms with van der Waals surface area (Å²) in [6, 6.07) is 37.2. The molecule has 44 heavy (non-hydrogen) atoms. The number of aryl methyl sites for hydroxylation is 2. The number of nitrogens with zero attached hydrogens (tertiary/aromatic N) is 4. The maximum atomic E-state index is 15.2. The van der Waals surface area contributed by atoms with Crippen LogP contribution in [-0.4, -0.2) is 25.3 Å². The lowest BCUT2D eigenvalue weighted by atomic mass is 9.75. The lowest BCUT2D eigenvalue weighted by Crippen LogP contribution is -2.40. The Hall–Kier alpha value is -5.17. The molecule has 7 rings (SSSR count). The molecule has 4 nitrogen and oxygen atoms in total. The number of hydrogen-bond acceptors (Lipinski definition) is 2. The van der Waals surface area contributed by atoms with Crippen molar-refractivity contribution in [3.05, 3.63) is 144 Å². The molecule has 0 aliphatic heterocycles. The van der Waals surface area contributed by atoms with E-state index in [1.165, 1.54) is 6.92 Å². The number of halogens is 3. The zero-order valence-electron chi connectivity index (χ0n) is 24.5. The van der Waals surface area contributed by atoms with Crippen molar-refractivity contribution < 1.29 is 13.2 Å². The van der Waals surface area contributed by atoms with Crippen LogP contribution in [0, 0.1) is 13.8 Å². The number of rotatable bonds is 5. The summed E-state index contributed by atoms with van der Waals surface area (Å²) in [5.74, 6) is 1.37. The highest BCUT2D eigenvalue weighted by Gasteiger charge is 2.53. The number of alkyl halides is 3. The molecule has 0 radical (unpaired) electrons. The second kappa shape index (κ2) is 10.2. The van der Waals surface area contributed by atoms with Gasteiger partial charge in [0.15, 0.2) is 0 Å². The second-order valence-electron chi connectivity index (χ2n) is 11.3. The Kier molecular flexibility index (Phi) is 6.43. The second-order valence-corrected chi connectivity index (χ2v) is 11.3. The minimum atomic E-state index is -4.59. The Balaban J connectivity index is 1.42. The highest BCUT2D eigenvalue weighted by atomic mass is 19.4. The summed E-state index contributed by atoms with van der Waals surface area (Å²) < 4.78 is 49.7. The van der Waals surface area contributed by atoms with Crippen LogP contribution in [0.1, 0.15) is 29.4 Å². The van der Waals surface area contributed by atoms with Crippen molar-refractivity contribution in [1.29, 1.82) is 0 Å². The SMILES string of the molecule is Cc1cccc(-c2nc3cc(C(C)(c4ccc5c(c4)nc(C)n5-c4ccccc4)C(F)(F)F)ccc3n2-c2ccccc2)c1. The van der Waals surface area contributed by atoms with E-state index in [0.29, 0.717) is 22.7 Å². The van der Waals surface area contributed by atoms with Crippen LogP contribution >= 0.6 is 0 Å². The fourth-order valence-corrected chi connectivity index (χ4v) is 6.12. The first-order chi connectivity index (χ1) is 21.1. The molecule has 5 aromatic carbocycles. The Bertz CT molecular complexity index is 2140. The van der Waals surface area contributed by atoms with Gasteiger partial charge in [-0.3, -0.25) is 9.13 Å². The molecule has 218 valence electrons. The van der Waals surface area contributed by atoms with Gasteiger partial charge >= 0.3 is 6.18 Å². The smallest absolute Gasteiger partial charge is 0.297 e. The Morgan fingerprint density at radius 3 is 1.68 bits per heavy atom. The molecule has 2 heterocycles. The van der Waals surface area contributed by atoms with Gasteiger partial charge in [-0.25, -0.2) is 9.97 Å². The summed E-state index contributed by atoms with van der Waals surface area (Å²) >= 11 is 0. The standard InChI is InChI=1S/C37H29F3N4/c1-24-11-10-12-26(21-24)35-42-32-23-28(18-20-34(32)44(35)30-15-8-5-9-16-30)36(3,37(38,39)40)27-17-19-33-31(22-27)41-25(2)43(33)29-13-6-4-7-14-29/h4-23H,1-3H3. The molecule has 0 aliphatic carbocycles. The largest absolute Gasteiger partial charge is 0.402 e. The van der Waals surface area contributed by atoms with E-state index in [1.54, 1.807) is 36.4 Å². The lowest BCUT2D eigenvalue weighted by Gasteiger charge is -2.33. The Morgan fingerprint density at radius 2 is 1.11 bits per heavy atom. The van der Waals surface area contributed by atoms with Gasteiger partial charge in [-0.2, -0.15) is 13.2 Å². The summed E-state index contributed by atoms with van der Waals surface area (Å²) in [5.41, 5.74) is 4.16. The third kappa shape index (κ3) is 4.39. The average Bonchev–Trinajstić information content (AvgIpc) is 3.57. The molecular weight excluding hydrogens is 557 g/mol. The molecule has 0 spiro atoms. The summed E-state index contributed by atoms with van der Waals surface area (Å²) in [6.45, 7) is 5.11. The minimum absolute atomic E-state index is 0.115. The minimum Gasteiger partial charge on any atom is -0.297 e. The van der Waals surface area contributed by atoms with E-state index >= 15 is 13.2 Å². The van der Waals surface area contributed by atoms with E-state index in [9.17, 15) is 0 Å². The van der Waals surface area contributed by atoms with Gasteiger partial charge in [-0.05, 0) is 86.5 Å². The number of aromatic nitrogens is 4. The van der Waals surface area contributed by atoms with Crippen molar-refractivity contribution in [3.63, 3.8) is 0 Å². The van der Waals surface area contributed by atoms with Gasteiger partial charge in [-0.15, -0.1) is 0 Å². The van der Waals surface area contributed by atoms with Gasteiger partial charge in [0, 0.05) is 16.9 Å². The lowest BCUT2D eigenvalue weighted by molar-refractivity contribution is -0.173. The molecular formula is C37H29F3N4. The van der Waals surface area contributed by atoms with E-state index in [1.807, 2.05) is 108 Å². The third-order valence-corrected chi connectivity index (χ3v) is 8.50. The zero-order valence-corrected chi connectivity index (χ0v) is 24.5. The molecule has 0 fully saturated rings. The summed E-state index contributed by atoms with van der Waals surface area (Å²) in [7, 11) is 0. The first kappa shape index (κ1) is 27.7. The number of para-hydroxylation sites is 2. The van der Waals surface area contributed by atoms with Crippen LogP contribution in [0.5, 0.6) is 0 Å². The summed E-state index contributed by atoms with van der Waals surface area (Å²) in [4.78, 5) is 9.59. The number of hydrogen-bond donors (Lipinski definition) is 0. The zero-order chi connectivity index (χ0) is 30.6. The van der Waals surface area contributed by atoms with E-state index in [0.717, 1.165) is 33.5 Å². The molecule has 0 bridgehead atoms. The van der Waals surface area contributed by atoms with Crippen LogP contribution in [0.25, 0.3) is 44.8 Å². The topological polar surface area (TPSA) is 35.6 Å². The fourth-order valence-electron chi connectivity index (χ4n) is 6.12. The van der Waals surface area contributed by atoms with Gasteiger partial charge in [-0.1, -0.05) is 72.3 Å². The van der Waals surface area contributed by atoms with Crippen LogP contribution in [0.2, 0.25) is 0 Å². The summed E-state index contributed by atoms with van der Waals surface area (Å²) in [6.07, 6.45) is -4.59. The first-order valence-electron chi connectivity index (χ1n) is 14.4. The van der Waals surface area contributed by atoms with Crippen LogP contribution in [0.4, 0.5) is 13.2 Å². The van der Waals surface area contributed by atoms with Crippen LogP contribution < -0.4 is 0 Å². The van der Waals surface area contributed by atoms with Gasteiger partial charge < -0.3 is 0 Å². The predicted octanol–water partition coefficient (Wildman–Crippen LogP) is 9.52. The highest BCUT2D eigenvalue weighted by Crippen LogP contribution is 2.47. The maximum absolute atomic E-state index is 15.2. The van der Waals surface area contributed by atoms with Gasteiger partial charge in [0.2, 0.25) is 0 Å². The first-order valence-corrected chi connectivity index (χ1v) is 14.4. The van der Waals surface area contributed by atoms with Crippen LogP contribution in [-0.2, 0) is 5.41 Å². The molecule has 0 amide bonds. The van der Waals surface area contributed by atoms with E-state index in [-0.39, 0.29) is 11.1 Å². The molecule has 0 saturated carbocycles. The number of benzene rings is 5. The molecule has 0 aliphatic rings. The quantitative estimate of drug-likeness (QED) is 0.201. The monoisotopic (exact) mass is 586 g/mol. The van der Waals surface area contributed by atoms with Crippen molar-refractivity contribution in [2.24, 2.45) is 0 Å². The highest BCUT2D eigenvalue weighted by molar-refractivity contribution is 5.85. The molecule has 1 atom stereocenters. The Labute approximate surface area is 253 Å². The van der Waals surface area contributed by atoms with Crippen molar-refractivity contribution >= 4 is 22.1 Å². The molecule has 2 aromatic heterocycles. The van der Waals surface area contributed by atoms with Crippen LogP contribution in [0.3, 0.4) is 0 Å². The molecule has 0 saturated heterocycles. The van der Waals surface area contributed by atoms with Crippen molar-refractivity contribution in [1.82, 2.24) is 19.1 Å². The predicted molar refractivity (Wildman–Crippen MR) is 170 cm³/mol. The summed E-state index contributed by atoms with van der Waals surface area (Å²) in [5, 5.41) is 0. The van der Waals surface area contributed by atoms with Crippen molar-refractivity contribution in [2.45, 2.75) is 32.4 Å². The molecule has 7 aromatic rings. The van der Waals surface area contributed by atoms with Crippen molar-refractivity contribution in [3.8, 4) is 22.8 Å². The van der Waals surface area contributed by atoms with Gasteiger partial charge in [0.1, 0.15) is 17.1 Å². The van der Waals surface area contributed by atoms with E-state index in [4.69, 9.17) is 4.98 Å². The molecule has 0 N–H and O–H groups in total. The number of fused-ring (bicyclic) bond motifs is 2.